The predicted octanol–water partition coefficient (Wildman–Crippen LogP) is 3.29. The molecule has 2 amide bonds. The van der Waals surface area contributed by atoms with Crippen LogP contribution in [0.3, 0.4) is 0 Å². The normalized spacial score (nSPS) is 12.3. The molecule has 0 unspecified atom stereocenters. The van der Waals surface area contributed by atoms with Gasteiger partial charge in [0.1, 0.15) is 0 Å². The third kappa shape index (κ3) is 5.64. The summed E-state index contributed by atoms with van der Waals surface area (Å²) in [5, 5.41) is 8.23. The molecule has 2 rings (SSSR count). The van der Waals surface area contributed by atoms with Gasteiger partial charge in [-0.1, -0.05) is 24.3 Å². The predicted molar refractivity (Wildman–Crippen MR) is 106 cm³/mol. The van der Waals surface area contributed by atoms with Crippen LogP contribution < -0.4 is 10.6 Å². The lowest BCUT2D eigenvalue weighted by Crippen LogP contribution is -2.34. The Morgan fingerprint density at radius 3 is 2.42 bits per heavy atom. The maximum absolute atomic E-state index is 12.1. The largest absolute Gasteiger partial charge is 0.350 e. The van der Waals surface area contributed by atoms with Crippen molar-refractivity contribution in [1.82, 2.24) is 15.2 Å². The van der Waals surface area contributed by atoms with E-state index in [-0.39, 0.29) is 17.9 Å². The summed E-state index contributed by atoms with van der Waals surface area (Å²) in [6.07, 6.45) is 0. The van der Waals surface area contributed by atoms with E-state index in [9.17, 15) is 9.59 Å². The van der Waals surface area contributed by atoms with E-state index in [2.05, 4.69) is 15.6 Å². The second-order valence-corrected chi connectivity index (χ2v) is 7.50. The zero-order valence-electron chi connectivity index (χ0n) is 15.9. The number of amides is 2. The molecule has 0 aliphatic heterocycles. The molecule has 26 heavy (non-hydrogen) atoms. The van der Waals surface area contributed by atoms with Crippen LogP contribution in [0.2, 0.25) is 0 Å². The Labute approximate surface area is 158 Å². The van der Waals surface area contributed by atoms with E-state index in [1.807, 2.05) is 62.4 Å². The van der Waals surface area contributed by atoms with Crippen LogP contribution in [0.15, 0.2) is 29.6 Å². The number of nitrogens with zero attached hydrogens (tertiary/aromatic N) is 2. The maximum Gasteiger partial charge on any atom is 0.240 e. The second-order valence-electron chi connectivity index (χ2n) is 6.64. The number of nitrogens with one attached hydrogen (secondary N) is 2. The molecule has 0 saturated heterocycles. The number of benzene rings is 1. The van der Waals surface area contributed by atoms with E-state index in [4.69, 9.17) is 0 Å². The Morgan fingerprint density at radius 1 is 1.19 bits per heavy atom. The molecule has 2 N–H and O–H groups in total. The van der Waals surface area contributed by atoms with Crippen molar-refractivity contribution in [3.63, 3.8) is 0 Å². The van der Waals surface area contributed by atoms with Gasteiger partial charge in [0, 0.05) is 23.9 Å². The molecular weight excluding hydrogens is 348 g/mol. The van der Waals surface area contributed by atoms with E-state index in [1.165, 1.54) is 18.3 Å². The molecule has 0 radical (unpaired) electrons. The van der Waals surface area contributed by atoms with Crippen molar-refractivity contribution in [3.8, 4) is 11.3 Å². The minimum atomic E-state index is -0.0680. The smallest absolute Gasteiger partial charge is 0.240 e. The number of aromatic nitrogens is 1. The molecule has 0 aliphatic carbocycles. The van der Waals surface area contributed by atoms with E-state index >= 15 is 0 Å². The number of rotatable bonds is 7. The summed E-state index contributed by atoms with van der Waals surface area (Å²) in [6, 6.07) is 8.17. The quantitative estimate of drug-likeness (QED) is 0.780. The highest BCUT2D eigenvalue weighted by atomic mass is 32.1. The SMILES string of the molecule is CC(=O)N[C@@H](C)c1ccc(-c2csc(NC(=O)CN(C)C(C)C)n2)cc1. The molecule has 0 fully saturated rings. The van der Waals surface area contributed by atoms with Crippen LogP contribution in [0, 0.1) is 0 Å². The van der Waals surface area contributed by atoms with Gasteiger partial charge in [0.05, 0.1) is 18.3 Å². The van der Waals surface area contributed by atoms with Gasteiger partial charge >= 0.3 is 0 Å². The molecule has 1 heterocycles. The summed E-state index contributed by atoms with van der Waals surface area (Å²) in [7, 11) is 1.92. The van der Waals surface area contributed by atoms with Crippen molar-refractivity contribution in [3.05, 3.63) is 35.2 Å². The first-order chi connectivity index (χ1) is 12.3. The highest BCUT2D eigenvalue weighted by molar-refractivity contribution is 7.14. The molecular formula is C19H26N4O2S. The van der Waals surface area contributed by atoms with Crippen molar-refractivity contribution in [1.29, 1.82) is 0 Å². The van der Waals surface area contributed by atoms with Gasteiger partial charge in [0.25, 0.3) is 0 Å². The number of hydrogen-bond donors (Lipinski definition) is 2. The lowest BCUT2D eigenvalue weighted by atomic mass is 10.1. The highest BCUT2D eigenvalue weighted by Crippen LogP contribution is 2.26. The topological polar surface area (TPSA) is 74.3 Å². The van der Waals surface area contributed by atoms with Gasteiger partial charge in [-0.2, -0.15) is 0 Å². The molecule has 6 nitrogen and oxygen atoms in total. The lowest BCUT2D eigenvalue weighted by molar-refractivity contribution is -0.119. The summed E-state index contributed by atoms with van der Waals surface area (Å²) in [6.45, 7) is 7.88. The molecule has 7 heteroatoms. The second kappa shape index (κ2) is 8.91. The van der Waals surface area contributed by atoms with Crippen LogP contribution in [0.25, 0.3) is 11.3 Å². The van der Waals surface area contributed by atoms with Crippen molar-refractivity contribution in [2.24, 2.45) is 0 Å². The maximum atomic E-state index is 12.1. The Bertz CT molecular complexity index is 755. The van der Waals surface area contributed by atoms with Gasteiger partial charge < -0.3 is 10.6 Å². The minimum absolute atomic E-state index is 0.0372. The third-order valence-electron chi connectivity index (χ3n) is 4.15. The first-order valence-electron chi connectivity index (χ1n) is 8.59. The van der Waals surface area contributed by atoms with Crippen molar-refractivity contribution >= 4 is 28.3 Å². The zero-order chi connectivity index (χ0) is 19.3. The average molecular weight is 375 g/mol. The molecule has 140 valence electrons. The first-order valence-corrected chi connectivity index (χ1v) is 9.47. The average Bonchev–Trinajstić information content (AvgIpc) is 3.02. The molecule has 1 aromatic heterocycles. The number of anilines is 1. The van der Waals surface area contributed by atoms with Crippen LogP contribution in [-0.4, -0.2) is 41.3 Å². The van der Waals surface area contributed by atoms with Gasteiger partial charge in [-0.05, 0) is 33.4 Å². The standard InChI is InChI=1S/C19H26N4O2S/c1-12(2)23(5)10-18(25)22-19-21-17(11-26-19)16-8-6-15(7-9-16)13(3)20-14(4)24/h6-9,11-13H,10H2,1-5H3,(H,20,24)(H,21,22,25)/t13-/m0/s1. The van der Waals surface area contributed by atoms with Gasteiger partial charge in [-0.3, -0.25) is 14.5 Å². The fourth-order valence-electron chi connectivity index (χ4n) is 2.36. The van der Waals surface area contributed by atoms with Gasteiger partial charge in [-0.25, -0.2) is 4.98 Å². The number of carbonyl (C=O) groups excluding carboxylic acids is 2. The monoisotopic (exact) mass is 374 g/mol. The summed E-state index contributed by atoms with van der Waals surface area (Å²) < 4.78 is 0. The Kier molecular flexibility index (Phi) is 6.88. The van der Waals surface area contributed by atoms with Gasteiger partial charge in [0.15, 0.2) is 5.13 Å². The van der Waals surface area contributed by atoms with E-state index in [0.29, 0.717) is 17.7 Å². The number of thiazole rings is 1. The van der Waals surface area contributed by atoms with Crippen LogP contribution in [0.4, 0.5) is 5.13 Å². The summed E-state index contributed by atoms with van der Waals surface area (Å²) in [5.74, 6) is -0.119. The van der Waals surface area contributed by atoms with E-state index in [0.717, 1.165) is 16.8 Å². The lowest BCUT2D eigenvalue weighted by Gasteiger charge is -2.19. The molecule has 0 spiro atoms. The highest BCUT2D eigenvalue weighted by Gasteiger charge is 2.12. The molecule has 0 aliphatic rings. The van der Waals surface area contributed by atoms with Gasteiger partial charge in [-0.15, -0.1) is 11.3 Å². The zero-order valence-corrected chi connectivity index (χ0v) is 16.7. The minimum Gasteiger partial charge on any atom is -0.350 e. The molecule has 0 saturated carbocycles. The number of likely N-dealkylation sites (N-methyl/N-ethyl adjacent to an activating group) is 1. The fourth-order valence-corrected chi connectivity index (χ4v) is 3.10. The van der Waals surface area contributed by atoms with Crippen molar-refractivity contribution < 1.29 is 9.59 Å². The Balaban J connectivity index is 2.01. The van der Waals surface area contributed by atoms with Crippen LogP contribution in [-0.2, 0) is 9.59 Å². The summed E-state index contributed by atoms with van der Waals surface area (Å²) >= 11 is 1.41. The van der Waals surface area contributed by atoms with Crippen molar-refractivity contribution in [2.45, 2.75) is 39.8 Å². The Hall–Kier alpha value is -2.25. The Morgan fingerprint density at radius 2 is 1.85 bits per heavy atom. The molecule has 1 aromatic carbocycles. The van der Waals surface area contributed by atoms with E-state index in [1.54, 1.807) is 0 Å². The molecule has 1 atom stereocenters. The fraction of sp³-hybridized carbons (Fsp3) is 0.421. The number of hydrogen-bond acceptors (Lipinski definition) is 5. The van der Waals surface area contributed by atoms with E-state index < -0.39 is 0 Å². The van der Waals surface area contributed by atoms with Crippen LogP contribution >= 0.6 is 11.3 Å². The summed E-state index contributed by atoms with van der Waals surface area (Å²) in [4.78, 5) is 29.7. The summed E-state index contributed by atoms with van der Waals surface area (Å²) in [5.41, 5.74) is 2.82. The van der Waals surface area contributed by atoms with Crippen LogP contribution in [0.5, 0.6) is 0 Å². The first kappa shape index (κ1) is 20.1. The van der Waals surface area contributed by atoms with Gasteiger partial charge in [0.2, 0.25) is 11.8 Å². The molecule has 0 bridgehead atoms. The van der Waals surface area contributed by atoms with Crippen LogP contribution in [0.1, 0.15) is 39.3 Å². The third-order valence-corrected chi connectivity index (χ3v) is 4.91. The van der Waals surface area contributed by atoms with Crippen molar-refractivity contribution in [2.75, 3.05) is 18.9 Å². The molecule has 2 aromatic rings. The number of carbonyl (C=O) groups is 2.